The van der Waals surface area contributed by atoms with Gasteiger partial charge in [-0.15, -0.1) is 0 Å². The number of aromatic nitrogens is 1. The maximum absolute atomic E-state index is 4.81. The highest BCUT2D eigenvalue weighted by molar-refractivity contribution is 5.40. The van der Waals surface area contributed by atoms with Crippen LogP contribution in [0.4, 0.5) is 0 Å². The van der Waals surface area contributed by atoms with Gasteiger partial charge in [0.05, 0.1) is 5.35 Å². The summed E-state index contributed by atoms with van der Waals surface area (Å²) in [6.07, 6.45) is 19.1. The molecule has 132 valence electrons. The number of pyridine rings is 1. The Balaban J connectivity index is 1.52. The molecule has 0 spiro atoms. The smallest absolute Gasteiger partial charge is 0.0662 e. The van der Waals surface area contributed by atoms with Crippen LogP contribution >= 0.6 is 0 Å². The van der Waals surface area contributed by atoms with Crippen molar-refractivity contribution in [1.82, 2.24) is 10.3 Å². The first-order valence-electron chi connectivity index (χ1n) is 9.59. The fourth-order valence-electron chi connectivity index (χ4n) is 3.28. The molecule has 0 saturated heterocycles. The topological polar surface area (TPSA) is 24.9 Å². The molecule has 2 heteroatoms. The SMILES string of the molecule is C/C(=C\NC(C)CCc1ccc2c(n1)=CCCC=2)C1=CCC(C)C=C1. The van der Waals surface area contributed by atoms with Gasteiger partial charge in [-0.3, -0.25) is 4.98 Å². The minimum absolute atomic E-state index is 0.440. The van der Waals surface area contributed by atoms with E-state index in [9.17, 15) is 0 Å². The van der Waals surface area contributed by atoms with Crippen LogP contribution in [0, 0.1) is 5.92 Å². The van der Waals surface area contributed by atoms with E-state index in [2.05, 4.69) is 74.8 Å². The van der Waals surface area contributed by atoms with Gasteiger partial charge in [-0.2, -0.15) is 0 Å². The number of rotatable bonds is 6. The Morgan fingerprint density at radius 3 is 2.92 bits per heavy atom. The molecule has 0 fully saturated rings. The van der Waals surface area contributed by atoms with E-state index in [4.69, 9.17) is 4.98 Å². The van der Waals surface area contributed by atoms with E-state index in [0.717, 1.165) is 32.1 Å². The van der Waals surface area contributed by atoms with Crippen molar-refractivity contribution in [1.29, 1.82) is 0 Å². The third-order valence-electron chi connectivity index (χ3n) is 5.07. The van der Waals surface area contributed by atoms with Crippen molar-refractivity contribution >= 4 is 12.2 Å². The molecule has 0 saturated carbocycles. The molecule has 0 aromatic carbocycles. The highest BCUT2D eigenvalue weighted by Gasteiger charge is 2.06. The zero-order valence-corrected chi connectivity index (χ0v) is 15.8. The van der Waals surface area contributed by atoms with Crippen LogP contribution in [-0.4, -0.2) is 11.0 Å². The molecule has 1 heterocycles. The van der Waals surface area contributed by atoms with Crippen LogP contribution in [0.25, 0.3) is 12.2 Å². The second-order valence-electron chi connectivity index (χ2n) is 7.43. The van der Waals surface area contributed by atoms with Crippen LogP contribution in [-0.2, 0) is 6.42 Å². The molecule has 2 nitrogen and oxygen atoms in total. The monoisotopic (exact) mass is 334 g/mol. The first kappa shape index (κ1) is 17.7. The molecule has 2 unspecified atom stereocenters. The van der Waals surface area contributed by atoms with Gasteiger partial charge in [0.25, 0.3) is 0 Å². The summed E-state index contributed by atoms with van der Waals surface area (Å²) in [6, 6.07) is 4.84. The van der Waals surface area contributed by atoms with E-state index < -0.39 is 0 Å². The number of nitrogens with one attached hydrogen (secondary N) is 1. The lowest BCUT2D eigenvalue weighted by atomic mass is 9.95. The maximum Gasteiger partial charge on any atom is 0.0662 e. The normalized spacial score (nSPS) is 20.8. The predicted octanol–water partition coefficient (Wildman–Crippen LogP) is 3.77. The second kappa shape index (κ2) is 8.33. The summed E-state index contributed by atoms with van der Waals surface area (Å²) >= 11 is 0. The van der Waals surface area contributed by atoms with Crippen molar-refractivity contribution in [3.8, 4) is 0 Å². The molecule has 1 aromatic heterocycles. The molecule has 2 atom stereocenters. The van der Waals surface area contributed by atoms with Crippen LogP contribution in [0.15, 0.2) is 47.7 Å². The number of nitrogens with zero attached hydrogens (tertiary/aromatic N) is 1. The third kappa shape index (κ3) is 4.94. The number of allylic oxidation sites excluding steroid dienone is 5. The van der Waals surface area contributed by atoms with E-state index >= 15 is 0 Å². The van der Waals surface area contributed by atoms with Gasteiger partial charge in [-0.1, -0.05) is 43.4 Å². The minimum Gasteiger partial charge on any atom is -0.388 e. The Kier molecular flexibility index (Phi) is 5.91. The molecule has 3 rings (SSSR count). The molecule has 2 aliphatic rings. The third-order valence-corrected chi connectivity index (χ3v) is 5.07. The lowest BCUT2D eigenvalue weighted by molar-refractivity contribution is 0.580. The quantitative estimate of drug-likeness (QED) is 0.856. The number of aryl methyl sites for hydroxylation is 1. The summed E-state index contributed by atoms with van der Waals surface area (Å²) in [5.74, 6) is 0.669. The molecule has 0 radical (unpaired) electrons. The first-order valence-corrected chi connectivity index (χ1v) is 9.59. The van der Waals surface area contributed by atoms with Crippen LogP contribution in [0.3, 0.4) is 0 Å². The summed E-state index contributed by atoms with van der Waals surface area (Å²) in [5.41, 5.74) is 3.86. The Morgan fingerprint density at radius 2 is 2.12 bits per heavy atom. The fraction of sp³-hybridized carbons (Fsp3) is 0.435. The Morgan fingerprint density at radius 1 is 1.28 bits per heavy atom. The summed E-state index contributed by atoms with van der Waals surface area (Å²) in [5, 5.41) is 6.01. The molecular weight excluding hydrogens is 304 g/mol. The zero-order valence-electron chi connectivity index (χ0n) is 15.8. The molecule has 1 N–H and O–H groups in total. The van der Waals surface area contributed by atoms with Gasteiger partial charge in [-0.05, 0) is 74.3 Å². The van der Waals surface area contributed by atoms with Gasteiger partial charge in [0.1, 0.15) is 0 Å². The minimum atomic E-state index is 0.440. The average Bonchev–Trinajstić information content (AvgIpc) is 2.65. The molecular formula is C23H30N2. The molecule has 0 aliphatic heterocycles. The van der Waals surface area contributed by atoms with Gasteiger partial charge in [0.15, 0.2) is 0 Å². The van der Waals surface area contributed by atoms with E-state index in [1.54, 1.807) is 0 Å². The van der Waals surface area contributed by atoms with Gasteiger partial charge in [0, 0.05) is 17.9 Å². The summed E-state index contributed by atoms with van der Waals surface area (Å²) in [4.78, 5) is 4.81. The van der Waals surface area contributed by atoms with Crippen molar-refractivity contribution in [3.05, 3.63) is 64.0 Å². The standard InChI is InChI=1S/C23H30N2/c1-17-8-11-20(12-9-17)18(2)16-24-19(3)10-14-22-15-13-21-6-4-5-7-23(21)25-22/h6-8,11-13,15-17,19,24H,4-5,9-10,14H2,1-3H3/b18-16+. The molecule has 2 aliphatic carbocycles. The van der Waals surface area contributed by atoms with Gasteiger partial charge in [-0.25, -0.2) is 0 Å². The lowest BCUT2D eigenvalue weighted by Crippen LogP contribution is -2.31. The zero-order chi connectivity index (χ0) is 17.6. The molecule has 0 amide bonds. The van der Waals surface area contributed by atoms with Crippen molar-refractivity contribution in [3.63, 3.8) is 0 Å². The number of fused-ring (bicyclic) bond motifs is 1. The fourth-order valence-corrected chi connectivity index (χ4v) is 3.28. The van der Waals surface area contributed by atoms with E-state index in [1.807, 2.05) is 0 Å². The van der Waals surface area contributed by atoms with E-state index in [0.29, 0.717) is 12.0 Å². The van der Waals surface area contributed by atoms with Gasteiger partial charge < -0.3 is 5.32 Å². The Bertz CT molecular complexity index is 811. The summed E-state index contributed by atoms with van der Waals surface area (Å²) < 4.78 is 0. The Hall–Kier alpha value is -2.09. The molecule has 0 bridgehead atoms. The predicted molar refractivity (Wildman–Crippen MR) is 107 cm³/mol. The average molecular weight is 335 g/mol. The molecule has 1 aromatic rings. The van der Waals surface area contributed by atoms with Crippen LogP contribution in [0.1, 0.15) is 52.1 Å². The van der Waals surface area contributed by atoms with Crippen molar-refractivity contribution in [2.75, 3.05) is 0 Å². The van der Waals surface area contributed by atoms with Gasteiger partial charge >= 0.3 is 0 Å². The largest absolute Gasteiger partial charge is 0.388 e. The van der Waals surface area contributed by atoms with E-state index in [1.165, 1.54) is 27.4 Å². The highest BCUT2D eigenvalue weighted by Crippen LogP contribution is 2.20. The van der Waals surface area contributed by atoms with E-state index in [-0.39, 0.29) is 0 Å². The van der Waals surface area contributed by atoms with Crippen LogP contribution in [0.5, 0.6) is 0 Å². The van der Waals surface area contributed by atoms with Crippen LogP contribution < -0.4 is 15.9 Å². The maximum atomic E-state index is 4.81. The number of hydrogen-bond acceptors (Lipinski definition) is 2. The second-order valence-corrected chi connectivity index (χ2v) is 7.43. The summed E-state index contributed by atoms with van der Waals surface area (Å²) in [7, 11) is 0. The first-order chi connectivity index (χ1) is 12.1. The van der Waals surface area contributed by atoms with Crippen molar-refractivity contribution in [2.45, 2.75) is 58.9 Å². The molecule has 25 heavy (non-hydrogen) atoms. The van der Waals surface area contributed by atoms with Gasteiger partial charge in [0.2, 0.25) is 0 Å². The summed E-state index contributed by atoms with van der Waals surface area (Å²) in [6.45, 7) is 6.69. The van der Waals surface area contributed by atoms with Crippen molar-refractivity contribution < 1.29 is 0 Å². The number of hydrogen-bond donors (Lipinski definition) is 1. The Labute approximate surface area is 151 Å². The lowest BCUT2D eigenvalue weighted by Gasteiger charge is -2.15. The highest BCUT2D eigenvalue weighted by atomic mass is 14.9. The van der Waals surface area contributed by atoms with Crippen LogP contribution in [0.2, 0.25) is 0 Å². The van der Waals surface area contributed by atoms with Crippen molar-refractivity contribution in [2.24, 2.45) is 5.92 Å².